The highest BCUT2D eigenvalue weighted by Gasteiger charge is 2.16. The van der Waals surface area contributed by atoms with Crippen molar-refractivity contribution >= 4 is 17.0 Å². The lowest BCUT2D eigenvalue weighted by molar-refractivity contribution is 0.0359. The zero-order valence-corrected chi connectivity index (χ0v) is 24.0. The molecule has 40 heavy (non-hydrogen) atoms. The predicted molar refractivity (Wildman–Crippen MR) is 154 cm³/mol. The van der Waals surface area contributed by atoms with Gasteiger partial charge < -0.3 is 29.7 Å². The standard InChI is InChI=1S/C28H43N7O5/c1-4-5-14-40-27-31-25(29)24-26(32-27)35(28(36)30-24)11-7-10-34(9-6-8-33-12-15-39-16-13-33)20-21-17-22(37-2)19-23(18-21)38-3/h17-19H,4-16,20H2,1-3H3,(H,30,36)(H2,29,31,32). The van der Waals surface area contributed by atoms with Crippen LogP contribution < -0.4 is 25.6 Å². The molecule has 0 atom stereocenters. The molecule has 2 aromatic heterocycles. The molecule has 1 aromatic carbocycles. The molecule has 0 spiro atoms. The summed E-state index contributed by atoms with van der Waals surface area (Å²) in [5, 5.41) is 0. The third-order valence-electron chi connectivity index (χ3n) is 7.09. The van der Waals surface area contributed by atoms with Crippen molar-refractivity contribution in [3.05, 3.63) is 34.2 Å². The van der Waals surface area contributed by atoms with Gasteiger partial charge in [0.15, 0.2) is 11.5 Å². The fourth-order valence-electron chi connectivity index (χ4n) is 4.89. The van der Waals surface area contributed by atoms with Gasteiger partial charge in [-0.25, -0.2) is 4.79 Å². The highest BCUT2D eigenvalue weighted by atomic mass is 16.5. The van der Waals surface area contributed by atoms with Crippen LogP contribution in [0.25, 0.3) is 11.2 Å². The SMILES string of the molecule is CCCCOc1nc(N)c2[nH]c(=O)n(CCCN(CCCN3CCOCC3)Cc3cc(OC)cc(OC)c3)c2n1. The van der Waals surface area contributed by atoms with Crippen LogP contribution in [-0.2, 0) is 17.8 Å². The number of nitrogens with two attached hydrogens (primary N) is 1. The van der Waals surface area contributed by atoms with E-state index in [0.29, 0.717) is 24.3 Å². The number of hydrogen-bond acceptors (Lipinski definition) is 10. The van der Waals surface area contributed by atoms with Crippen LogP contribution in [0.2, 0.25) is 0 Å². The van der Waals surface area contributed by atoms with Crippen molar-refractivity contribution in [1.29, 1.82) is 0 Å². The van der Waals surface area contributed by atoms with Crippen LogP contribution >= 0.6 is 0 Å². The van der Waals surface area contributed by atoms with Crippen LogP contribution in [0.5, 0.6) is 17.5 Å². The number of H-pyrrole nitrogens is 1. The first-order chi connectivity index (χ1) is 19.5. The average Bonchev–Trinajstić information content (AvgIpc) is 3.28. The van der Waals surface area contributed by atoms with Gasteiger partial charge in [0.05, 0.1) is 34.0 Å². The molecule has 4 rings (SSSR count). The van der Waals surface area contributed by atoms with E-state index in [-0.39, 0.29) is 17.5 Å². The van der Waals surface area contributed by atoms with E-state index in [1.807, 2.05) is 18.2 Å². The number of aromatic nitrogens is 4. The van der Waals surface area contributed by atoms with Gasteiger partial charge in [0.25, 0.3) is 0 Å². The molecular weight excluding hydrogens is 514 g/mol. The first-order valence-electron chi connectivity index (χ1n) is 14.1. The molecule has 1 aliphatic heterocycles. The van der Waals surface area contributed by atoms with Crippen molar-refractivity contribution in [2.75, 3.05) is 72.5 Å². The maximum Gasteiger partial charge on any atom is 0.327 e. The molecule has 1 aliphatic rings. The first kappa shape index (κ1) is 29.6. The maximum absolute atomic E-state index is 12.8. The first-order valence-corrected chi connectivity index (χ1v) is 14.1. The van der Waals surface area contributed by atoms with Crippen LogP contribution in [-0.4, -0.2) is 96.1 Å². The normalized spacial score (nSPS) is 14.2. The molecule has 1 fully saturated rings. The summed E-state index contributed by atoms with van der Waals surface area (Å²) in [5.41, 5.74) is 7.89. The molecule has 1 saturated heterocycles. The van der Waals surface area contributed by atoms with Gasteiger partial charge >= 0.3 is 11.7 Å². The summed E-state index contributed by atoms with van der Waals surface area (Å²) in [6, 6.07) is 6.16. The number of imidazole rings is 1. The van der Waals surface area contributed by atoms with Crippen LogP contribution in [0.15, 0.2) is 23.0 Å². The lowest BCUT2D eigenvalue weighted by atomic mass is 10.1. The Hall–Kier alpha value is -3.35. The van der Waals surface area contributed by atoms with Gasteiger partial charge in [-0.1, -0.05) is 13.3 Å². The van der Waals surface area contributed by atoms with E-state index in [1.165, 1.54) is 0 Å². The smallest absolute Gasteiger partial charge is 0.327 e. The Morgan fingerprint density at radius 3 is 2.40 bits per heavy atom. The van der Waals surface area contributed by atoms with Crippen molar-refractivity contribution in [3.63, 3.8) is 0 Å². The predicted octanol–water partition coefficient (Wildman–Crippen LogP) is 2.51. The third kappa shape index (κ3) is 8.09. The number of aryl methyl sites for hydroxylation is 1. The Morgan fingerprint density at radius 2 is 1.73 bits per heavy atom. The van der Waals surface area contributed by atoms with Gasteiger partial charge in [-0.05, 0) is 50.0 Å². The van der Waals surface area contributed by atoms with E-state index in [0.717, 1.165) is 95.2 Å². The van der Waals surface area contributed by atoms with E-state index in [1.54, 1.807) is 18.8 Å². The molecule has 12 heteroatoms. The van der Waals surface area contributed by atoms with Crippen molar-refractivity contribution < 1.29 is 18.9 Å². The number of anilines is 1. The average molecular weight is 558 g/mol. The Bertz CT molecular complexity index is 1250. The number of ether oxygens (including phenoxy) is 4. The quantitative estimate of drug-likeness (QED) is 0.253. The van der Waals surface area contributed by atoms with E-state index in [4.69, 9.17) is 24.7 Å². The summed E-state index contributed by atoms with van der Waals surface area (Å²) in [6.07, 6.45) is 3.68. The van der Waals surface area contributed by atoms with Crippen LogP contribution in [0.3, 0.4) is 0 Å². The van der Waals surface area contributed by atoms with Gasteiger partial charge in [-0.2, -0.15) is 9.97 Å². The minimum Gasteiger partial charge on any atom is -0.497 e. The molecule has 3 N–H and O–H groups in total. The van der Waals surface area contributed by atoms with E-state index in [2.05, 4.69) is 31.7 Å². The second kappa shape index (κ2) is 14.9. The maximum atomic E-state index is 12.8. The summed E-state index contributed by atoms with van der Waals surface area (Å²) < 4.78 is 23.7. The number of unbranched alkanes of at least 4 members (excludes halogenated alkanes) is 1. The zero-order chi connectivity index (χ0) is 28.3. The van der Waals surface area contributed by atoms with E-state index < -0.39 is 0 Å². The summed E-state index contributed by atoms with van der Waals surface area (Å²) in [4.78, 5) is 29.2. The van der Waals surface area contributed by atoms with Crippen LogP contribution in [0, 0.1) is 0 Å². The largest absolute Gasteiger partial charge is 0.497 e. The number of fused-ring (bicyclic) bond motifs is 1. The Morgan fingerprint density at radius 1 is 1.02 bits per heavy atom. The Labute approximate surface area is 235 Å². The van der Waals surface area contributed by atoms with Crippen molar-refractivity contribution in [1.82, 2.24) is 29.3 Å². The van der Waals surface area contributed by atoms with Gasteiger partial charge in [0.1, 0.15) is 17.0 Å². The fourth-order valence-corrected chi connectivity index (χ4v) is 4.89. The molecule has 12 nitrogen and oxygen atoms in total. The molecule has 0 radical (unpaired) electrons. The number of hydrogen-bond donors (Lipinski definition) is 2. The van der Waals surface area contributed by atoms with E-state index in [9.17, 15) is 4.79 Å². The highest BCUT2D eigenvalue weighted by molar-refractivity contribution is 5.81. The van der Waals surface area contributed by atoms with Crippen molar-refractivity contribution in [2.24, 2.45) is 0 Å². The number of aromatic amines is 1. The number of morpholine rings is 1. The minimum atomic E-state index is -0.252. The van der Waals surface area contributed by atoms with Gasteiger partial charge in [0.2, 0.25) is 0 Å². The zero-order valence-electron chi connectivity index (χ0n) is 24.0. The fraction of sp³-hybridized carbons (Fsp3) is 0.607. The summed E-state index contributed by atoms with van der Waals surface area (Å²) in [7, 11) is 3.32. The molecule has 0 amide bonds. The highest BCUT2D eigenvalue weighted by Crippen LogP contribution is 2.24. The monoisotopic (exact) mass is 557 g/mol. The molecule has 0 unspecified atom stereocenters. The van der Waals surface area contributed by atoms with Gasteiger partial charge in [0, 0.05) is 38.8 Å². The molecule has 3 heterocycles. The molecule has 220 valence electrons. The summed E-state index contributed by atoms with van der Waals surface area (Å²) in [6.45, 7) is 10.1. The Balaban J connectivity index is 1.44. The van der Waals surface area contributed by atoms with Gasteiger partial charge in [-0.15, -0.1) is 0 Å². The minimum absolute atomic E-state index is 0.197. The number of methoxy groups -OCH3 is 2. The Kier molecular flexibility index (Phi) is 11.0. The van der Waals surface area contributed by atoms with Crippen molar-refractivity contribution in [2.45, 2.75) is 45.7 Å². The molecule has 0 aliphatic carbocycles. The summed E-state index contributed by atoms with van der Waals surface area (Å²) in [5.74, 6) is 1.74. The lowest BCUT2D eigenvalue weighted by Gasteiger charge is -2.28. The number of rotatable bonds is 16. The second-order valence-corrected chi connectivity index (χ2v) is 10.0. The topological polar surface area (TPSA) is 133 Å². The summed E-state index contributed by atoms with van der Waals surface area (Å²) >= 11 is 0. The lowest BCUT2D eigenvalue weighted by Crippen LogP contribution is -2.38. The van der Waals surface area contributed by atoms with Crippen LogP contribution in [0.4, 0.5) is 5.82 Å². The molecular formula is C28H43N7O5. The third-order valence-corrected chi connectivity index (χ3v) is 7.09. The number of nitrogen functional groups attached to an aromatic ring is 1. The van der Waals surface area contributed by atoms with Gasteiger partial charge in [-0.3, -0.25) is 14.4 Å². The van der Waals surface area contributed by atoms with Crippen LogP contribution in [0.1, 0.15) is 38.2 Å². The molecule has 0 saturated carbocycles. The number of nitrogens with one attached hydrogen (secondary N) is 1. The number of nitrogens with zero attached hydrogens (tertiary/aromatic N) is 5. The molecule has 3 aromatic rings. The molecule has 0 bridgehead atoms. The van der Waals surface area contributed by atoms with E-state index >= 15 is 0 Å². The van der Waals surface area contributed by atoms with Crippen molar-refractivity contribution in [3.8, 4) is 17.5 Å². The number of benzene rings is 1. The second-order valence-electron chi connectivity index (χ2n) is 10.0.